The van der Waals surface area contributed by atoms with Crippen molar-refractivity contribution >= 4 is 57.3 Å². The van der Waals surface area contributed by atoms with Crippen LogP contribution in [-0.4, -0.2) is 27.1 Å². The second kappa shape index (κ2) is 7.38. The van der Waals surface area contributed by atoms with Crippen LogP contribution in [0.4, 0.5) is 11.4 Å². The topological polar surface area (TPSA) is 75.2 Å². The van der Waals surface area contributed by atoms with Gasteiger partial charge in [-0.2, -0.15) is 8.75 Å². The van der Waals surface area contributed by atoms with Crippen molar-refractivity contribution in [3.63, 3.8) is 0 Å². The Morgan fingerprint density at radius 1 is 1.03 bits per heavy atom. The van der Waals surface area contributed by atoms with E-state index in [2.05, 4.69) is 14.1 Å². The molecule has 2 aromatic carbocycles. The monoisotopic (exact) mass is 420 g/mol. The zero-order valence-corrected chi connectivity index (χ0v) is 16.9. The molecular formula is C21H16N4O2S2. The Hall–Kier alpha value is -3.10. The number of aromatic nitrogens is 2. The molecule has 5 rings (SSSR count). The van der Waals surface area contributed by atoms with Gasteiger partial charge >= 0.3 is 0 Å². The highest BCUT2D eigenvalue weighted by Gasteiger charge is 2.24. The van der Waals surface area contributed by atoms with Crippen LogP contribution in [-0.2, 0) is 6.42 Å². The largest absolute Gasteiger partial charge is 0.322 e. The minimum absolute atomic E-state index is 0.0305. The Morgan fingerprint density at radius 2 is 1.93 bits per heavy atom. The van der Waals surface area contributed by atoms with Crippen molar-refractivity contribution in [2.75, 3.05) is 16.8 Å². The zero-order valence-electron chi connectivity index (χ0n) is 15.3. The number of benzene rings is 2. The van der Waals surface area contributed by atoms with E-state index >= 15 is 0 Å². The first-order valence-electron chi connectivity index (χ1n) is 9.21. The van der Waals surface area contributed by atoms with Crippen molar-refractivity contribution in [1.29, 1.82) is 0 Å². The number of amides is 2. The first-order valence-corrected chi connectivity index (χ1v) is 10.8. The molecule has 8 heteroatoms. The normalized spacial score (nSPS) is 13.3. The summed E-state index contributed by atoms with van der Waals surface area (Å²) in [6.07, 6.45) is 1.78. The van der Waals surface area contributed by atoms with Gasteiger partial charge in [-0.15, -0.1) is 11.3 Å². The summed E-state index contributed by atoms with van der Waals surface area (Å²) in [5.41, 5.74) is 4.75. The SMILES string of the molecule is O=C(Nc1ccc2c(c1)CCCN2C(=O)c1cccs1)c1ccc2nsnc2c1. The molecule has 6 nitrogen and oxygen atoms in total. The van der Waals surface area contributed by atoms with Crippen molar-refractivity contribution in [3.8, 4) is 0 Å². The van der Waals surface area contributed by atoms with Gasteiger partial charge in [0.15, 0.2) is 0 Å². The molecule has 2 amide bonds. The average molecular weight is 421 g/mol. The average Bonchev–Trinajstić information content (AvgIpc) is 3.44. The molecule has 29 heavy (non-hydrogen) atoms. The Labute approximate surface area is 175 Å². The second-order valence-electron chi connectivity index (χ2n) is 6.80. The minimum Gasteiger partial charge on any atom is -0.322 e. The van der Waals surface area contributed by atoms with E-state index in [1.807, 2.05) is 40.6 Å². The van der Waals surface area contributed by atoms with Gasteiger partial charge in [0.2, 0.25) is 0 Å². The number of aryl methyl sites for hydroxylation is 1. The molecule has 1 aliphatic heterocycles. The van der Waals surface area contributed by atoms with Gasteiger partial charge < -0.3 is 10.2 Å². The molecule has 1 aliphatic rings. The third-order valence-corrected chi connectivity index (χ3v) is 6.36. The van der Waals surface area contributed by atoms with Gasteiger partial charge in [0.25, 0.3) is 11.8 Å². The summed E-state index contributed by atoms with van der Waals surface area (Å²) in [4.78, 5) is 28.0. The van der Waals surface area contributed by atoms with Crippen molar-refractivity contribution < 1.29 is 9.59 Å². The highest BCUT2D eigenvalue weighted by molar-refractivity contribution is 7.12. The van der Waals surface area contributed by atoms with E-state index in [0.29, 0.717) is 12.1 Å². The second-order valence-corrected chi connectivity index (χ2v) is 8.28. The van der Waals surface area contributed by atoms with Crippen LogP contribution in [0.5, 0.6) is 0 Å². The van der Waals surface area contributed by atoms with Gasteiger partial charge in [-0.25, -0.2) is 0 Å². The van der Waals surface area contributed by atoms with Crippen LogP contribution in [0.1, 0.15) is 32.0 Å². The molecule has 0 radical (unpaired) electrons. The third kappa shape index (κ3) is 3.41. The molecule has 0 saturated carbocycles. The minimum atomic E-state index is -0.192. The summed E-state index contributed by atoms with van der Waals surface area (Å²) in [7, 11) is 0. The number of anilines is 2. The Kier molecular flexibility index (Phi) is 4.57. The molecule has 2 aromatic heterocycles. The summed E-state index contributed by atoms with van der Waals surface area (Å²) < 4.78 is 8.34. The fraction of sp³-hybridized carbons (Fsp3) is 0.143. The first-order chi connectivity index (χ1) is 14.2. The molecule has 0 bridgehead atoms. The van der Waals surface area contributed by atoms with E-state index in [-0.39, 0.29) is 11.8 Å². The number of thiophene rings is 1. The standard InChI is InChI=1S/C21H16N4O2S2/c26-20(14-5-7-16-17(12-14)24-29-23-16)22-15-6-8-18-13(11-15)3-1-9-25(18)21(27)19-4-2-10-28-19/h2,4-8,10-12H,1,3,9H2,(H,22,26). The smallest absolute Gasteiger partial charge is 0.268 e. The number of carbonyl (C=O) groups excluding carboxylic acids is 2. The van der Waals surface area contributed by atoms with E-state index in [1.165, 1.54) is 11.3 Å². The lowest BCUT2D eigenvalue weighted by Crippen LogP contribution is -2.35. The summed E-state index contributed by atoms with van der Waals surface area (Å²) in [6.45, 7) is 0.705. The number of nitrogens with zero attached hydrogens (tertiary/aromatic N) is 3. The Balaban J connectivity index is 1.38. The maximum absolute atomic E-state index is 12.8. The predicted octanol–water partition coefficient (Wildman–Crippen LogP) is 4.60. The Morgan fingerprint density at radius 3 is 2.79 bits per heavy atom. The molecule has 144 valence electrons. The lowest BCUT2D eigenvalue weighted by atomic mass is 10.0. The van der Waals surface area contributed by atoms with Crippen LogP contribution in [0, 0.1) is 0 Å². The first kappa shape index (κ1) is 18.0. The van der Waals surface area contributed by atoms with Gasteiger partial charge in [-0.05, 0) is 66.2 Å². The van der Waals surface area contributed by atoms with Crippen LogP contribution < -0.4 is 10.2 Å². The molecule has 0 aliphatic carbocycles. The van der Waals surface area contributed by atoms with Crippen molar-refractivity contribution in [2.24, 2.45) is 0 Å². The van der Waals surface area contributed by atoms with Crippen LogP contribution in [0.3, 0.4) is 0 Å². The van der Waals surface area contributed by atoms with Crippen molar-refractivity contribution in [3.05, 3.63) is 69.9 Å². The maximum atomic E-state index is 12.8. The van der Waals surface area contributed by atoms with E-state index in [4.69, 9.17) is 0 Å². The van der Waals surface area contributed by atoms with Gasteiger partial charge in [0.05, 0.1) is 16.6 Å². The van der Waals surface area contributed by atoms with Crippen molar-refractivity contribution in [2.45, 2.75) is 12.8 Å². The summed E-state index contributed by atoms with van der Waals surface area (Å²) in [6, 6.07) is 14.8. The molecule has 1 N–H and O–H groups in total. The number of rotatable bonds is 3. The molecule has 3 heterocycles. The Bertz CT molecular complexity index is 1220. The van der Waals surface area contributed by atoms with Crippen LogP contribution in [0.15, 0.2) is 53.9 Å². The van der Waals surface area contributed by atoms with Gasteiger partial charge in [-0.1, -0.05) is 6.07 Å². The summed E-state index contributed by atoms with van der Waals surface area (Å²) in [5, 5.41) is 4.86. The van der Waals surface area contributed by atoms with E-state index in [9.17, 15) is 9.59 Å². The van der Waals surface area contributed by atoms with E-state index in [0.717, 1.165) is 57.4 Å². The van der Waals surface area contributed by atoms with Crippen LogP contribution in [0.25, 0.3) is 11.0 Å². The number of carbonyl (C=O) groups is 2. The quantitative estimate of drug-likeness (QED) is 0.526. The highest BCUT2D eigenvalue weighted by Crippen LogP contribution is 2.31. The van der Waals surface area contributed by atoms with Crippen molar-refractivity contribution in [1.82, 2.24) is 8.75 Å². The summed E-state index contributed by atoms with van der Waals surface area (Å²) in [5.74, 6) is -0.162. The zero-order chi connectivity index (χ0) is 19.8. The van der Waals surface area contributed by atoms with Gasteiger partial charge in [-0.3, -0.25) is 9.59 Å². The molecule has 0 spiro atoms. The van der Waals surface area contributed by atoms with Crippen LogP contribution >= 0.6 is 23.1 Å². The fourth-order valence-electron chi connectivity index (χ4n) is 3.55. The van der Waals surface area contributed by atoms with E-state index in [1.54, 1.807) is 18.2 Å². The molecule has 4 aromatic rings. The number of fused-ring (bicyclic) bond motifs is 2. The third-order valence-electron chi connectivity index (χ3n) is 4.95. The highest BCUT2D eigenvalue weighted by atomic mass is 32.1. The van der Waals surface area contributed by atoms with Crippen LogP contribution in [0.2, 0.25) is 0 Å². The number of hydrogen-bond donors (Lipinski definition) is 1. The maximum Gasteiger partial charge on any atom is 0.268 e. The molecular weight excluding hydrogens is 404 g/mol. The summed E-state index contributed by atoms with van der Waals surface area (Å²) >= 11 is 2.58. The molecule has 0 atom stereocenters. The lowest BCUT2D eigenvalue weighted by molar-refractivity contribution is 0.0987. The molecule has 0 unspecified atom stereocenters. The predicted molar refractivity (Wildman–Crippen MR) is 116 cm³/mol. The molecule has 0 saturated heterocycles. The fourth-order valence-corrected chi connectivity index (χ4v) is 4.74. The van der Waals surface area contributed by atoms with Gasteiger partial charge in [0, 0.05) is 23.5 Å². The number of nitrogens with one attached hydrogen (secondary N) is 1. The lowest BCUT2D eigenvalue weighted by Gasteiger charge is -2.29. The number of hydrogen-bond acceptors (Lipinski definition) is 6. The van der Waals surface area contributed by atoms with E-state index < -0.39 is 0 Å². The van der Waals surface area contributed by atoms with Gasteiger partial charge in [0.1, 0.15) is 11.0 Å². The molecule has 0 fully saturated rings.